The first-order chi connectivity index (χ1) is 13.1. The average Bonchev–Trinajstić information content (AvgIpc) is 3.37. The molecule has 0 saturated carbocycles. The molecule has 0 radical (unpaired) electrons. The molecule has 1 aliphatic heterocycles. The van der Waals surface area contributed by atoms with Crippen molar-refractivity contribution in [2.24, 2.45) is 0 Å². The monoisotopic (exact) mass is 363 g/mol. The van der Waals surface area contributed by atoms with Gasteiger partial charge in [0.25, 0.3) is 5.91 Å². The number of hydrogen-bond acceptors (Lipinski definition) is 4. The molecular formula is C21H21N3O3. The molecule has 0 spiro atoms. The Balaban J connectivity index is 1.51. The number of nitrogens with zero attached hydrogens (tertiary/aromatic N) is 3. The van der Waals surface area contributed by atoms with Crippen LogP contribution in [-0.4, -0.2) is 57.9 Å². The van der Waals surface area contributed by atoms with Gasteiger partial charge in [0.15, 0.2) is 0 Å². The summed E-state index contributed by atoms with van der Waals surface area (Å²) >= 11 is 0. The molecule has 138 valence electrons. The largest absolute Gasteiger partial charge is 0.388 e. The highest BCUT2D eigenvalue weighted by Crippen LogP contribution is 2.21. The smallest absolute Gasteiger partial charge is 0.254 e. The van der Waals surface area contributed by atoms with Crippen LogP contribution in [0, 0.1) is 0 Å². The van der Waals surface area contributed by atoms with Gasteiger partial charge in [0.1, 0.15) is 0 Å². The minimum absolute atomic E-state index is 0.133. The van der Waals surface area contributed by atoms with Gasteiger partial charge in [0.2, 0.25) is 0 Å². The zero-order chi connectivity index (χ0) is 18.8. The van der Waals surface area contributed by atoms with Crippen molar-refractivity contribution < 1.29 is 14.6 Å². The summed E-state index contributed by atoms with van der Waals surface area (Å²) in [5.41, 5.74) is 3.39. The molecule has 1 aliphatic rings. The lowest BCUT2D eigenvalue weighted by molar-refractivity contribution is 0.0581. The van der Waals surface area contributed by atoms with Crippen LogP contribution in [0.2, 0.25) is 0 Å². The number of carbonyl (C=O) groups is 1. The standard InChI is InChI=1S/C21H21N3O3/c1-23(19-12-27-13-20(19)25)21(26)16-9-7-15(8-10-16)18-11-24(14-22-18)17-5-3-2-4-6-17/h2-11,14,19-20,25H,12-13H2,1H3/t19-,20-/m0/s1. The van der Waals surface area contributed by atoms with Crippen molar-refractivity contribution in [1.29, 1.82) is 0 Å². The van der Waals surface area contributed by atoms with Gasteiger partial charge in [0, 0.05) is 30.1 Å². The molecular weight excluding hydrogens is 342 g/mol. The van der Waals surface area contributed by atoms with Gasteiger partial charge in [-0.05, 0) is 24.3 Å². The van der Waals surface area contributed by atoms with Crippen LogP contribution < -0.4 is 0 Å². The summed E-state index contributed by atoms with van der Waals surface area (Å²) in [7, 11) is 1.69. The Morgan fingerprint density at radius 3 is 2.56 bits per heavy atom. The highest BCUT2D eigenvalue weighted by Gasteiger charge is 2.32. The zero-order valence-electron chi connectivity index (χ0n) is 15.0. The summed E-state index contributed by atoms with van der Waals surface area (Å²) in [6, 6.07) is 17.0. The van der Waals surface area contributed by atoms with Gasteiger partial charge < -0.3 is 19.3 Å². The Bertz CT molecular complexity index is 921. The molecule has 27 heavy (non-hydrogen) atoms. The molecule has 6 heteroatoms. The van der Waals surface area contributed by atoms with E-state index < -0.39 is 6.10 Å². The Labute approximate surface area is 157 Å². The van der Waals surface area contributed by atoms with Crippen LogP contribution in [0.1, 0.15) is 10.4 Å². The Morgan fingerprint density at radius 2 is 1.89 bits per heavy atom. The van der Waals surface area contributed by atoms with Crippen LogP contribution in [0.15, 0.2) is 67.1 Å². The van der Waals surface area contributed by atoms with Gasteiger partial charge in [-0.2, -0.15) is 0 Å². The fraction of sp³-hybridized carbons (Fsp3) is 0.238. The molecule has 0 unspecified atom stereocenters. The number of aromatic nitrogens is 2. The van der Waals surface area contributed by atoms with Gasteiger partial charge >= 0.3 is 0 Å². The van der Waals surface area contributed by atoms with Crippen molar-refractivity contribution in [2.45, 2.75) is 12.1 Å². The van der Waals surface area contributed by atoms with E-state index in [1.165, 1.54) is 0 Å². The number of likely N-dealkylation sites (N-methyl/N-ethyl adjacent to an activating group) is 1. The lowest BCUT2D eigenvalue weighted by atomic mass is 10.1. The van der Waals surface area contributed by atoms with Crippen LogP contribution in [-0.2, 0) is 4.74 Å². The minimum Gasteiger partial charge on any atom is -0.388 e. The predicted octanol–water partition coefficient (Wildman–Crippen LogP) is 2.37. The Kier molecular flexibility index (Phi) is 4.75. The molecule has 4 rings (SSSR count). The van der Waals surface area contributed by atoms with Crippen molar-refractivity contribution in [3.8, 4) is 16.9 Å². The van der Waals surface area contributed by atoms with Crippen molar-refractivity contribution in [3.63, 3.8) is 0 Å². The SMILES string of the molecule is CN(C(=O)c1ccc(-c2cn(-c3ccccc3)cn2)cc1)[C@H]1COC[C@@H]1O. The maximum Gasteiger partial charge on any atom is 0.254 e. The van der Waals surface area contributed by atoms with E-state index in [0.29, 0.717) is 12.2 Å². The highest BCUT2D eigenvalue weighted by molar-refractivity contribution is 5.94. The van der Waals surface area contributed by atoms with E-state index >= 15 is 0 Å². The molecule has 1 aromatic heterocycles. The first-order valence-electron chi connectivity index (χ1n) is 8.86. The summed E-state index contributed by atoms with van der Waals surface area (Å²) < 4.78 is 7.20. The first-order valence-corrected chi connectivity index (χ1v) is 8.86. The second-order valence-electron chi connectivity index (χ2n) is 6.67. The van der Waals surface area contributed by atoms with Crippen molar-refractivity contribution in [3.05, 3.63) is 72.7 Å². The molecule has 2 aromatic carbocycles. The van der Waals surface area contributed by atoms with E-state index in [0.717, 1.165) is 16.9 Å². The number of para-hydroxylation sites is 1. The molecule has 3 aromatic rings. The quantitative estimate of drug-likeness (QED) is 0.773. The van der Waals surface area contributed by atoms with Crippen LogP contribution in [0.3, 0.4) is 0 Å². The zero-order valence-corrected chi connectivity index (χ0v) is 15.0. The van der Waals surface area contributed by atoms with Gasteiger partial charge in [0.05, 0.1) is 37.4 Å². The van der Waals surface area contributed by atoms with Crippen LogP contribution in [0.5, 0.6) is 0 Å². The summed E-state index contributed by atoms with van der Waals surface area (Å²) in [5, 5.41) is 9.91. The summed E-state index contributed by atoms with van der Waals surface area (Å²) in [6.07, 6.45) is 3.10. The Hall–Kier alpha value is -2.96. The minimum atomic E-state index is -0.639. The topological polar surface area (TPSA) is 67.6 Å². The Morgan fingerprint density at radius 1 is 1.15 bits per heavy atom. The lowest BCUT2D eigenvalue weighted by Crippen LogP contribution is -2.44. The third kappa shape index (κ3) is 3.49. The molecule has 2 heterocycles. The molecule has 2 atom stereocenters. The van der Waals surface area contributed by atoms with Gasteiger partial charge in [-0.3, -0.25) is 4.79 Å². The van der Waals surface area contributed by atoms with Crippen molar-refractivity contribution in [2.75, 3.05) is 20.3 Å². The second kappa shape index (κ2) is 7.34. The van der Waals surface area contributed by atoms with Crippen molar-refractivity contribution >= 4 is 5.91 Å². The number of amides is 1. The number of benzene rings is 2. The maximum absolute atomic E-state index is 12.7. The number of carbonyl (C=O) groups excluding carboxylic acids is 1. The fourth-order valence-corrected chi connectivity index (χ4v) is 3.25. The number of ether oxygens (including phenoxy) is 1. The molecule has 1 saturated heterocycles. The van der Waals surface area contributed by atoms with Gasteiger partial charge in [-0.1, -0.05) is 30.3 Å². The molecule has 0 bridgehead atoms. The number of aliphatic hydroxyl groups excluding tert-OH is 1. The molecule has 1 amide bonds. The maximum atomic E-state index is 12.7. The van der Waals surface area contributed by atoms with E-state index in [2.05, 4.69) is 4.98 Å². The number of hydrogen-bond donors (Lipinski definition) is 1. The lowest BCUT2D eigenvalue weighted by Gasteiger charge is -2.25. The highest BCUT2D eigenvalue weighted by atomic mass is 16.5. The van der Waals surface area contributed by atoms with Crippen LogP contribution >= 0.6 is 0 Å². The first kappa shape index (κ1) is 17.5. The van der Waals surface area contributed by atoms with E-state index in [1.54, 1.807) is 30.4 Å². The molecule has 0 aliphatic carbocycles. The number of aliphatic hydroxyl groups is 1. The number of rotatable bonds is 4. The van der Waals surface area contributed by atoms with Gasteiger partial charge in [-0.15, -0.1) is 0 Å². The number of imidazole rings is 1. The van der Waals surface area contributed by atoms with E-state index in [9.17, 15) is 9.90 Å². The van der Waals surface area contributed by atoms with Crippen LogP contribution in [0.4, 0.5) is 0 Å². The predicted molar refractivity (Wildman–Crippen MR) is 102 cm³/mol. The second-order valence-corrected chi connectivity index (χ2v) is 6.67. The summed E-state index contributed by atoms with van der Waals surface area (Å²) in [4.78, 5) is 18.7. The molecule has 1 fully saturated rings. The van der Waals surface area contributed by atoms with Gasteiger partial charge in [-0.25, -0.2) is 4.98 Å². The summed E-state index contributed by atoms with van der Waals surface area (Å²) in [6.45, 7) is 0.629. The average molecular weight is 363 g/mol. The normalized spacial score (nSPS) is 19.2. The van der Waals surface area contributed by atoms with Crippen LogP contribution in [0.25, 0.3) is 16.9 Å². The third-order valence-electron chi connectivity index (χ3n) is 4.90. The fourth-order valence-electron chi connectivity index (χ4n) is 3.25. The van der Waals surface area contributed by atoms with E-state index in [4.69, 9.17) is 4.74 Å². The third-order valence-corrected chi connectivity index (χ3v) is 4.90. The van der Waals surface area contributed by atoms with E-state index in [1.807, 2.05) is 53.2 Å². The molecule has 6 nitrogen and oxygen atoms in total. The van der Waals surface area contributed by atoms with E-state index in [-0.39, 0.29) is 18.6 Å². The summed E-state index contributed by atoms with van der Waals surface area (Å²) in [5.74, 6) is -0.133. The van der Waals surface area contributed by atoms with Crippen molar-refractivity contribution in [1.82, 2.24) is 14.5 Å². The molecule has 1 N–H and O–H groups in total.